The van der Waals surface area contributed by atoms with E-state index in [1.54, 1.807) is 36.4 Å². The summed E-state index contributed by atoms with van der Waals surface area (Å²) in [7, 11) is 0. The van der Waals surface area contributed by atoms with E-state index in [2.05, 4.69) is 25.8 Å². The third kappa shape index (κ3) is 3.85. The lowest BCUT2D eigenvalue weighted by molar-refractivity contribution is 0.632. The molecule has 0 saturated heterocycles. The molecule has 1 aromatic heterocycles. The van der Waals surface area contributed by atoms with Gasteiger partial charge in [0.2, 0.25) is 5.95 Å². The summed E-state index contributed by atoms with van der Waals surface area (Å²) in [5.74, 6) is 0.211. The number of aromatic nitrogens is 3. The molecule has 0 aliphatic heterocycles. The lowest BCUT2D eigenvalue weighted by Crippen LogP contribution is -2.03. The maximum absolute atomic E-state index is 13.6. The summed E-state index contributed by atoms with van der Waals surface area (Å²) in [5, 5.41) is 14.3. The summed E-state index contributed by atoms with van der Waals surface area (Å²) >= 11 is 11.8. The monoisotopic (exact) mass is 349 g/mol. The molecule has 23 heavy (non-hydrogen) atoms. The molecule has 116 valence electrons. The highest BCUT2D eigenvalue weighted by Crippen LogP contribution is 2.26. The van der Waals surface area contributed by atoms with Crippen molar-refractivity contribution < 1.29 is 4.39 Å². The lowest BCUT2D eigenvalue weighted by atomic mass is 10.3. The van der Waals surface area contributed by atoms with Gasteiger partial charge in [-0.3, -0.25) is 0 Å². The Labute approximate surface area is 141 Å². The van der Waals surface area contributed by atoms with Gasteiger partial charge in [-0.05, 0) is 30.3 Å². The molecule has 8 heteroatoms. The predicted molar refractivity (Wildman–Crippen MR) is 89.3 cm³/mol. The Balaban J connectivity index is 1.79. The Kier molecular flexibility index (Phi) is 4.55. The van der Waals surface area contributed by atoms with E-state index in [0.29, 0.717) is 27.2 Å². The van der Waals surface area contributed by atoms with Crippen LogP contribution in [0.1, 0.15) is 0 Å². The molecule has 0 amide bonds. The fraction of sp³-hybridized carbons (Fsp3) is 0. The number of hydrogen-bond acceptors (Lipinski definition) is 5. The molecule has 0 fully saturated rings. The minimum atomic E-state index is -0.384. The van der Waals surface area contributed by atoms with Crippen molar-refractivity contribution in [3.05, 3.63) is 64.5 Å². The standard InChI is InChI=1S/C15H10Cl2FN5/c16-10-6-5-9(7-11(10)17)20-15-22-14(8-19-23-15)21-13-4-2-1-3-12(13)18/h1-8H,(H2,20,21,22,23). The molecule has 0 radical (unpaired) electrons. The zero-order valence-electron chi connectivity index (χ0n) is 11.6. The second kappa shape index (κ2) is 6.76. The zero-order valence-corrected chi connectivity index (χ0v) is 13.1. The molecule has 5 nitrogen and oxygen atoms in total. The predicted octanol–water partition coefficient (Wildman–Crippen LogP) is 4.80. The average molecular weight is 350 g/mol. The van der Waals surface area contributed by atoms with Crippen molar-refractivity contribution in [1.29, 1.82) is 0 Å². The number of nitrogens with zero attached hydrogens (tertiary/aromatic N) is 3. The number of nitrogens with one attached hydrogen (secondary N) is 2. The molecular weight excluding hydrogens is 340 g/mol. The van der Waals surface area contributed by atoms with Crippen LogP contribution in [0.5, 0.6) is 0 Å². The fourth-order valence-electron chi connectivity index (χ4n) is 1.82. The van der Waals surface area contributed by atoms with E-state index in [1.807, 2.05) is 0 Å². The van der Waals surface area contributed by atoms with Gasteiger partial charge in [0.05, 0.1) is 21.9 Å². The van der Waals surface area contributed by atoms with Crippen LogP contribution in [0.4, 0.5) is 27.5 Å². The largest absolute Gasteiger partial charge is 0.336 e. The van der Waals surface area contributed by atoms with Gasteiger partial charge in [-0.15, -0.1) is 5.10 Å². The van der Waals surface area contributed by atoms with Crippen LogP contribution < -0.4 is 10.6 Å². The highest BCUT2D eigenvalue weighted by Gasteiger charge is 2.06. The molecule has 0 unspecified atom stereocenters. The van der Waals surface area contributed by atoms with E-state index >= 15 is 0 Å². The lowest BCUT2D eigenvalue weighted by Gasteiger charge is -2.08. The van der Waals surface area contributed by atoms with E-state index < -0.39 is 0 Å². The summed E-state index contributed by atoms with van der Waals surface area (Å²) in [4.78, 5) is 4.22. The van der Waals surface area contributed by atoms with Crippen molar-refractivity contribution in [3.63, 3.8) is 0 Å². The first-order valence-electron chi connectivity index (χ1n) is 6.55. The molecule has 0 atom stereocenters. The zero-order chi connectivity index (χ0) is 16.2. The third-order valence-corrected chi connectivity index (χ3v) is 3.61. The normalized spacial score (nSPS) is 10.4. The molecule has 0 saturated carbocycles. The molecule has 0 bridgehead atoms. The molecule has 2 aromatic carbocycles. The SMILES string of the molecule is Fc1ccccc1Nc1cnnc(Nc2ccc(Cl)c(Cl)c2)n1. The van der Waals surface area contributed by atoms with Crippen molar-refractivity contribution in [2.24, 2.45) is 0 Å². The first kappa shape index (κ1) is 15.5. The number of benzene rings is 2. The van der Waals surface area contributed by atoms with Gasteiger partial charge in [-0.25, -0.2) is 4.39 Å². The minimum Gasteiger partial charge on any atom is -0.336 e. The van der Waals surface area contributed by atoms with Gasteiger partial charge in [0.25, 0.3) is 0 Å². The van der Waals surface area contributed by atoms with E-state index in [0.717, 1.165) is 0 Å². The number of hydrogen-bond donors (Lipinski definition) is 2. The Bertz CT molecular complexity index is 844. The van der Waals surface area contributed by atoms with Crippen LogP contribution in [0.15, 0.2) is 48.7 Å². The van der Waals surface area contributed by atoms with Crippen LogP contribution in [0.3, 0.4) is 0 Å². The van der Waals surface area contributed by atoms with Gasteiger partial charge in [-0.2, -0.15) is 10.1 Å². The summed E-state index contributed by atoms with van der Waals surface area (Å²) in [6.45, 7) is 0. The van der Waals surface area contributed by atoms with Crippen LogP contribution in [-0.2, 0) is 0 Å². The maximum atomic E-state index is 13.6. The van der Waals surface area contributed by atoms with E-state index in [1.165, 1.54) is 12.3 Å². The molecule has 2 N–H and O–H groups in total. The molecule has 3 aromatic rings. The van der Waals surface area contributed by atoms with Crippen LogP contribution >= 0.6 is 23.2 Å². The highest BCUT2D eigenvalue weighted by atomic mass is 35.5. The number of halogens is 3. The number of para-hydroxylation sites is 1. The molecule has 0 spiro atoms. The van der Waals surface area contributed by atoms with Crippen molar-refractivity contribution in [1.82, 2.24) is 15.2 Å². The highest BCUT2D eigenvalue weighted by molar-refractivity contribution is 6.42. The van der Waals surface area contributed by atoms with Crippen molar-refractivity contribution in [2.75, 3.05) is 10.6 Å². The van der Waals surface area contributed by atoms with Crippen LogP contribution in [0.25, 0.3) is 0 Å². The Morgan fingerprint density at radius 2 is 1.78 bits per heavy atom. The van der Waals surface area contributed by atoms with E-state index in [-0.39, 0.29) is 11.8 Å². The minimum absolute atomic E-state index is 0.240. The molecule has 1 heterocycles. The van der Waals surface area contributed by atoms with Gasteiger partial charge in [0, 0.05) is 5.69 Å². The first-order valence-corrected chi connectivity index (χ1v) is 7.31. The van der Waals surface area contributed by atoms with Gasteiger partial charge in [0.1, 0.15) is 5.82 Å². The van der Waals surface area contributed by atoms with Gasteiger partial charge >= 0.3 is 0 Å². The van der Waals surface area contributed by atoms with Gasteiger partial charge in [-0.1, -0.05) is 35.3 Å². The second-order valence-corrected chi connectivity index (χ2v) is 5.34. The van der Waals surface area contributed by atoms with E-state index in [4.69, 9.17) is 23.2 Å². The fourth-order valence-corrected chi connectivity index (χ4v) is 2.12. The van der Waals surface area contributed by atoms with Crippen molar-refractivity contribution in [3.8, 4) is 0 Å². The summed E-state index contributed by atoms with van der Waals surface area (Å²) in [5.41, 5.74) is 0.956. The van der Waals surface area contributed by atoms with Gasteiger partial charge < -0.3 is 10.6 Å². The van der Waals surface area contributed by atoms with Crippen LogP contribution in [0, 0.1) is 5.82 Å². The maximum Gasteiger partial charge on any atom is 0.249 e. The van der Waals surface area contributed by atoms with Crippen molar-refractivity contribution >= 4 is 46.3 Å². The quantitative estimate of drug-likeness (QED) is 0.707. The number of rotatable bonds is 4. The molecule has 0 aliphatic rings. The Hall–Kier alpha value is -2.44. The summed E-state index contributed by atoms with van der Waals surface area (Å²) in [6, 6.07) is 11.3. The van der Waals surface area contributed by atoms with Gasteiger partial charge in [0.15, 0.2) is 5.82 Å². The third-order valence-electron chi connectivity index (χ3n) is 2.87. The smallest absolute Gasteiger partial charge is 0.249 e. The summed E-state index contributed by atoms with van der Waals surface area (Å²) in [6.07, 6.45) is 1.40. The van der Waals surface area contributed by atoms with Crippen LogP contribution in [-0.4, -0.2) is 15.2 Å². The Morgan fingerprint density at radius 1 is 0.957 bits per heavy atom. The second-order valence-electron chi connectivity index (χ2n) is 4.52. The van der Waals surface area contributed by atoms with Crippen LogP contribution in [0.2, 0.25) is 10.0 Å². The first-order chi connectivity index (χ1) is 11.1. The average Bonchev–Trinajstić information content (AvgIpc) is 2.54. The van der Waals surface area contributed by atoms with Crippen molar-refractivity contribution in [2.45, 2.75) is 0 Å². The molecule has 0 aliphatic carbocycles. The Morgan fingerprint density at radius 3 is 2.57 bits per heavy atom. The summed E-state index contributed by atoms with van der Waals surface area (Å²) < 4.78 is 13.6. The molecule has 3 rings (SSSR count). The van der Waals surface area contributed by atoms with E-state index in [9.17, 15) is 4.39 Å². The molecular formula is C15H10Cl2FN5. The number of anilines is 4. The topological polar surface area (TPSA) is 62.7 Å².